The van der Waals surface area contributed by atoms with Gasteiger partial charge in [0.2, 0.25) is 11.8 Å². The number of halogens is 4. The molecule has 154 valence electrons. The van der Waals surface area contributed by atoms with Gasteiger partial charge in [-0.2, -0.15) is 13.2 Å². The Morgan fingerprint density at radius 1 is 1.17 bits per heavy atom. The minimum absolute atomic E-state index is 0.170. The number of nitrogens with one attached hydrogen (secondary N) is 1. The predicted molar refractivity (Wildman–Crippen MR) is 108 cm³/mol. The molecule has 2 rings (SSSR count). The summed E-state index contributed by atoms with van der Waals surface area (Å²) >= 11 is 5.57. The molecular weight excluding hydrogens is 405 g/mol. The molecule has 0 aliphatic rings. The van der Waals surface area contributed by atoms with Crippen molar-refractivity contribution in [3.63, 3.8) is 0 Å². The summed E-state index contributed by atoms with van der Waals surface area (Å²) in [6.07, 6.45) is -2.24. The summed E-state index contributed by atoms with van der Waals surface area (Å²) in [5.74, 6) is -0.904. The number of amides is 2. The molecule has 2 amide bonds. The highest BCUT2D eigenvalue weighted by atomic mass is 35.5. The van der Waals surface area contributed by atoms with E-state index in [1.165, 1.54) is 19.2 Å². The Morgan fingerprint density at radius 3 is 2.52 bits per heavy atom. The first-order valence-corrected chi connectivity index (χ1v) is 9.03. The molecular formula is C21H20ClF3N2O2. The van der Waals surface area contributed by atoms with Crippen LogP contribution < -0.4 is 5.32 Å². The van der Waals surface area contributed by atoms with E-state index in [2.05, 4.69) is 5.32 Å². The van der Waals surface area contributed by atoms with Crippen LogP contribution in [0.15, 0.2) is 42.5 Å². The maximum absolute atomic E-state index is 12.9. The molecule has 4 nitrogen and oxygen atoms in total. The van der Waals surface area contributed by atoms with Gasteiger partial charge >= 0.3 is 6.18 Å². The summed E-state index contributed by atoms with van der Waals surface area (Å²) in [6, 6.07) is 8.85. The van der Waals surface area contributed by atoms with Crippen LogP contribution in [-0.2, 0) is 15.8 Å². The first-order valence-electron chi connectivity index (χ1n) is 8.65. The minimum Gasteiger partial charge on any atom is -0.333 e. The lowest BCUT2D eigenvalue weighted by atomic mass is 10.1. The fourth-order valence-corrected chi connectivity index (χ4v) is 2.75. The Kier molecular flexibility index (Phi) is 7.08. The third-order valence-electron chi connectivity index (χ3n) is 4.35. The third-order valence-corrected chi connectivity index (χ3v) is 4.68. The zero-order valence-corrected chi connectivity index (χ0v) is 16.9. The average Bonchev–Trinajstić information content (AvgIpc) is 2.63. The van der Waals surface area contributed by atoms with Crippen molar-refractivity contribution in [3.05, 3.63) is 69.8 Å². The lowest BCUT2D eigenvalue weighted by molar-refractivity contribution is -0.137. The van der Waals surface area contributed by atoms with E-state index in [4.69, 9.17) is 11.6 Å². The van der Waals surface area contributed by atoms with Crippen molar-refractivity contribution in [1.82, 2.24) is 4.90 Å². The second-order valence-electron chi connectivity index (χ2n) is 6.56. The fraction of sp³-hybridized carbons (Fsp3) is 0.238. The number of carbonyl (C=O) groups excluding carboxylic acids is 2. The monoisotopic (exact) mass is 424 g/mol. The molecule has 2 aromatic rings. The van der Waals surface area contributed by atoms with E-state index in [1.54, 1.807) is 6.07 Å². The van der Waals surface area contributed by atoms with Crippen molar-refractivity contribution < 1.29 is 22.8 Å². The first-order chi connectivity index (χ1) is 13.5. The van der Waals surface area contributed by atoms with Crippen LogP contribution in [0.2, 0.25) is 5.02 Å². The van der Waals surface area contributed by atoms with Gasteiger partial charge in [-0.05, 0) is 54.8 Å². The molecule has 0 aromatic heterocycles. The van der Waals surface area contributed by atoms with Gasteiger partial charge in [-0.3, -0.25) is 9.59 Å². The number of alkyl halides is 3. The molecule has 0 fully saturated rings. The molecule has 0 heterocycles. The van der Waals surface area contributed by atoms with Gasteiger partial charge in [0, 0.05) is 18.8 Å². The molecule has 29 heavy (non-hydrogen) atoms. The maximum atomic E-state index is 12.9. The quantitative estimate of drug-likeness (QED) is 0.680. The van der Waals surface area contributed by atoms with Gasteiger partial charge < -0.3 is 10.2 Å². The summed E-state index contributed by atoms with van der Waals surface area (Å²) in [5, 5.41) is 2.33. The lowest BCUT2D eigenvalue weighted by Gasteiger charge is -2.16. The highest BCUT2D eigenvalue weighted by Gasteiger charge is 2.33. The SMILES string of the molecule is Cc1cccc(NC(=O)CN(C)C(=O)/C=C/c2ccc(Cl)c(C(F)(F)F)c2)c1C. The molecule has 0 unspecified atom stereocenters. The van der Waals surface area contributed by atoms with Crippen LogP contribution in [0.3, 0.4) is 0 Å². The van der Waals surface area contributed by atoms with E-state index in [0.29, 0.717) is 5.69 Å². The Balaban J connectivity index is 2.02. The number of likely N-dealkylation sites (N-methyl/N-ethyl adjacent to an activating group) is 1. The lowest BCUT2D eigenvalue weighted by Crippen LogP contribution is -2.34. The van der Waals surface area contributed by atoms with Crippen molar-refractivity contribution >= 4 is 35.2 Å². The number of hydrogen-bond acceptors (Lipinski definition) is 2. The van der Waals surface area contributed by atoms with Gasteiger partial charge in [0.25, 0.3) is 0 Å². The molecule has 2 aromatic carbocycles. The maximum Gasteiger partial charge on any atom is 0.417 e. The van der Waals surface area contributed by atoms with E-state index in [9.17, 15) is 22.8 Å². The number of benzene rings is 2. The van der Waals surface area contributed by atoms with Gasteiger partial charge in [0.05, 0.1) is 17.1 Å². The standard InChI is InChI=1S/C21H20ClF3N2O2/c1-13-5-4-6-18(14(13)2)26-19(28)12-27(3)20(29)10-8-15-7-9-17(22)16(11-15)21(23,24)25/h4-11H,12H2,1-3H3,(H,26,28)/b10-8+. The van der Waals surface area contributed by atoms with Crippen LogP contribution in [0.5, 0.6) is 0 Å². The highest BCUT2D eigenvalue weighted by molar-refractivity contribution is 6.31. The van der Waals surface area contributed by atoms with Gasteiger partial charge in [-0.15, -0.1) is 0 Å². The van der Waals surface area contributed by atoms with Crippen LogP contribution >= 0.6 is 11.6 Å². The molecule has 0 aliphatic carbocycles. The molecule has 0 bridgehead atoms. The van der Waals surface area contributed by atoms with Crippen molar-refractivity contribution in [2.45, 2.75) is 20.0 Å². The summed E-state index contributed by atoms with van der Waals surface area (Å²) in [4.78, 5) is 25.5. The molecule has 0 saturated carbocycles. The van der Waals surface area contributed by atoms with E-state index in [0.717, 1.165) is 34.2 Å². The van der Waals surface area contributed by atoms with E-state index >= 15 is 0 Å². The van der Waals surface area contributed by atoms with Crippen molar-refractivity contribution in [2.75, 3.05) is 18.9 Å². The van der Waals surface area contributed by atoms with E-state index < -0.39 is 22.7 Å². The molecule has 0 aliphatic heterocycles. The van der Waals surface area contributed by atoms with Crippen molar-refractivity contribution in [3.8, 4) is 0 Å². The summed E-state index contributed by atoms with van der Waals surface area (Å²) in [5.41, 5.74) is 1.81. The zero-order valence-electron chi connectivity index (χ0n) is 16.1. The topological polar surface area (TPSA) is 49.4 Å². The van der Waals surface area contributed by atoms with Gasteiger partial charge in [0.15, 0.2) is 0 Å². The number of carbonyl (C=O) groups is 2. The van der Waals surface area contributed by atoms with Crippen LogP contribution in [0, 0.1) is 13.8 Å². The molecule has 1 N–H and O–H groups in total. The smallest absolute Gasteiger partial charge is 0.333 e. The second-order valence-corrected chi connectivity index (χ2v) is 6.97. The van der Waals surface area contributed by atoms with E-state index in [-0.39, 0.29) is 18.0 Å². The number of aryl methyl sites for hydroxylation is 1. The Morgan fingerprint density at radius 2 is 1.86 bits per heavy atom. The molecule has 0 spiro atoms. The summed E-state index contributed by atoms with van der Waals surface area (Å²) in [7, 11) is 1.43. The highest BCUT2D eigenvalue weighted by Crippen LogP contribution is 2.35. The van der Waals surface area contributed by atoms with Crippen molar-refractivity contribution in [2.24, 2.45) is 0 Å². The minimum atomic E-state index is -4.59. The Bertz CT molecular complexity index is 955. The average molecular weight is 425 g/mol. The molecule has 0 atom stereocenters. The van der Waals surface area contributed by atoms with Gasteiger partial charge in [0.1, 0.15) is 0 Å². The first kappa shape index (κ1) is 22.5. The summed E-state index contributed by atoms with van der Waals surface area (Å²) < 4.78 is 38.7. The number of hydrogen-bond donors (Lipinski definition) is 1. The van der Waals surface area contributed by atoms with Gasteiger partial charge in [-0.1, -0.05) is 29.8 Å². The fourth-order valence-electron chi connectivity index (χ4n) is 2.53. The Hall–Kier alpha value is -2.80. The second kappa shape index (κ2) is 9.13. The van der Waals surface area contributed by atoms with Gasteiger partial charge in [-0.25, -0.2) is 0 Å². The predicted octanol–water partition coefficient (Wildman–Crippen LogP) is 5.09. The van der Waals surface area contributed by atoms with Crippen LogP contribution in [0.4, 0.5) is 18.9 Å². The van der Waals surface area contributed by atoms with Crippen LogP contribution in [-0.4, -0.2) is 30.3 Å². The Labute approximate surface area is 172 Å². The van der Waals surface area contributed by atoms with E-state index in [1.807, 2.05) is 26.0 Å². The number of anilines is 1. The van der Waals surface area contributed by atoms with Crippen LogP contribution in [0.25, 0.3) is 6.08 Å². The third kappa shape index (κ3) is 6.09. The molecule has 8 heteroatoms. The molecule has 0 saturated heterocycles. The number of rotatable bonds is 5. The number of nitrogens with zero attached hydrogens (tertiary/aromatic N) is 1. The zero-order chi connectivity index (χ0) is 21.8. The molecule has 0 radical (unpaired) electrons. The normalized spacial score (nSPS) is 11.6. The van der Waals surface area contributed by atoms with Crippen LogP contribution in [0.1, 0.15) is 22.3 Å². The largest absolute Gasteiger partial charge is 0.417 e. The van der Waals surface area contributed by atoms with Crippen molar-refractivity contribution in [1.29, 1.82) is 0 Å². The summed E-state index contributed by atoms with van der Waals surface area (Å²) in [6.45, 7) is 3.60.